The molecule has 2 fully saturated rings. The van der Waals surface area contributed by atoms with Gasteiger partial charge in [-0.15, -0.1) is 0 Å². The molecule has 3 rings (SSSR count). The average molecular weight is 335 g/mol. The Hall–Kier alpha value is -1.96. The van der Waals surface area contributed by atoms with Crippen LogP contribution in [0.15, 0.2) is 4.52 Å². The van der Waals surface area contributed by atoms with Gasteiger partial charge in [0, 0.05) is 45.6 Å². The maximum atomic E-state index is 12.9. The Bertz CT molecular complexity index is 609. The van der Waals surface area contributed by atoms with Crippen LogP contribution in [0.5, 0.6) is 0 Å². The van der Waals surface area contributed by atoms with Crippen molar-refractivity contribution < 1.29 is 14.1 Å². The van der Waals surface area contributed by atoms with Gasteiger partial charge < -0.3 is 19.2 Å². The van der Waals surface area contributed by atoms with Crippen molar-refractivity contribution in [3.63, 3.8) is 0 Å². The highest BCUT2D eigenvalue weighted by atomic mass is 16.5. The van der Waals surface area contributed by atoms with Crippen molar-refractivity contribution in [1.29, 1.82) is 0 Å². The van der Waals surface area contributed by atoms with E-state index in [1.165, 1.54) is 6.92 Å². The van der Waals surface area contributed by atoms with E-state index in [0.717, 1.165) is 19.4 Å². The number of rotatable bonds is 2. The second-order valence-electron chi connectivity index (χ2n) is 6.77. The van der Waals surface area contributed by atoms with Gasteiger partial charge >= 0.3 is 0 Å². The summed E-state index contributed by atoms with van der Waals surface area (Å²) in [7, 11) is 1.99. The number of aromatic nitrogens is 2. The first-order chi connectivity index (χ1) is 11.5. The van der Waals surface area contributed by atoms with E-state index in [0.29, 0.717) is 37.9 Å². The van der Waals surface area contributed by atoms with Crippen molar-refractivity contribution in [2.75, 3.05) is 39.8 Å². The van der Waals surface area contributed by atoms with Gasteiger partial charge in [-0.3, -0.25) is 9.59 Å². The third kappa shape index (κ3) is 3.43. The number of carbonyl (C=O) groups is 2. The zero-order chi connectivity index (χ0) is 17.3. The third-order valence-corrected chi connectivity index (χ3v) is 4.97. The Kier molecular flexibility index (Phi) is 4.84. The fourth-order valence-corrected chi connectivity index (χ4v) is 3.54. The summed E-state index contributed by atoms with van der Waals surface area (Å²) in [5, 5.41) is 3.84. The zero-order valence-corrected chi connectivity index (χ0v) is 14.6. The van der Waals surface area contributed by atoms with E-state index >= 15 is 0 Å². The number of piperazine rings is 1. The molecule has 2 aliphatic rings. The molecule has 1 atom stereocenters. The van der Waals surface area contributed by atoms with E-state index in [9.17, 15) is 9.59 Å². The molecule has 2 aliphatic heterocycles. The lowest BCUT2D eigenvalue weighted by Gasteiger charge is -2.42. The molecule has 8 heteroatoms. The minimum atomic E-state index is -0.372. The lowest BCUT2D eigenvalue weighted by Crippen LogP contribution is -2.60. The Morgan fingerprint density at radius 2 is 1.88 bits per heavy atom. The summed E-state index contributed by atoms with van der Waals surface area (Å²) in [5.74, 6) is 1.55. The molecular weight excluding hydrogens is 310 g/mol. The first-order valence-corrected chi connectivity index (χ1v) is 8.50. The molecule has 0 aromatic carbocycles. The molecule has 0 aliphatic carbocycles. The zero-order valence-electron chi connectivity index (χ0n) is 14.6. The van der Waals surface area contributed by atoms with Gasteiger partial charge in [0.1, 0.15) is 6.04 Å². The van der Waals surface area contributed by atoms with Gasteiger partial charge in [-0.25, -0.2) is 0 Å². The number of likely N-dealkylation sites (tertiary alicyclic amines) is 1. The number of nitrogens with zero attached hydrogens (tertiary/aromatic N) is 5. The molecule has 8 nitrogen and oxygen atoms in total. The number of likely N-dealkylation sites (N-methyl/N-ethyl adjacent to an activating group) is 1. The summed E-state index contributed by atoms with van der Waals surface area (Å²) in [4.78, 5) is 34.8. The van der Waals surface area contributed by atoms with Crippen LogP contribution in [-0.2, 0) is 9.59 Å². The molecule has 0 saturated carbocycles. The first-order valence-electron chi connectivity index (χ1n) is 8.50. The Morgan fingerprint density at radius 1 is 1.17 bits per heavy atom. The monoisotopic (exact) mass is 335 g/mol. The number of hydrogen-bond donors (Lipinski definition) is 0. The van der Waals surface area contributed by atoms with E-state index in [1.807, 2.05) is 18.9 Å². The highest BCUT2D eigenvalue weighted by Gasteiger charge is 2.37. The molecule has 0 radical (unpaired) electrons. The fraction of sp³-hybridized carbons (Fsp3) is 0.750. The second-order valence-corrected chi connectivity index (χ2v) is 6.77. The molecule has 2 saturated heterocycles. The van der Waals surface area contributed by atoms with Crippen molar-refractivity contribution in [1.82, 2.24) is 24.8 Å². The van der Waals surface area contributed by atoms with Crippen LogP contribution in [-0.4, -0.2) is 82.5 Å². The molecule has 1 unspecified atom stereocenters. The van der Waals surface area contributed by atoms with Crippen LogP contribution >= 0.6 is 0 Å². The van der Waals surface area contributed by atoms with Crippen LogP contribution in [0.1, 0.15) is 37.4 Å². The van der Waals surface area contributed by atoms with Crippen molar-refractivity contribution in [2.45, 2.75) is 38.6 Å². The Balaban J connectivity index is 1.62. The number of aryl methyl sites for hydroxylation is 1. The average Bonchev–Trinajstić information content (AvgIpc) is 3.00. The van der Waals surface area contributed by atoms with E-state index in [1.54, 1.807) is 4.90 Å². The maximum absolute atomic E-state index is 12.9. The fourth-order valence-electron chi connectivity index (χ4n) is 3.54. The molecule has 0 N–H and O–H groups in total. The number of amides is 2. The number of piperidine rings is 1. The molecule has 3 heterocycles. The second kappa shape index (κ2) is 6.88. The summed E-state index contributed by atoms with van der Waals surface area (Å²) in [6, 6.07) is -0.372. The lowest BCUT2D eigenvalue weighted by molar-refractivity contribution is -0.148. The van der Waals surface area contributed by atoms with Gasteiger partial charge in [0.25, 0.3) is 0 Å². The van der Waals surface area contributed by atoms with Crippen LogP contribution in [0.25, 0.3) is 0 Å². The Labute approximate surface area is 141 Å². The van der Waals surface area contributed by atoms with Crippen LogP contribution in [0.3, 0.4) is 0 Å². The molecule has 2 amide bonds. The van der Waals surface area contributed by atoms with Crippen molar-refractivity contribution in [3.8, 4) is 0 Å². The van der Waals surface area contributed by atoms with Gasteiger partial charge in [-0.2, -0.15) is 4.98 Å². The summed E-state index contributed by atoms with van der Waals surface area (Å²) in [5.41, 5.74) is 0. The molecular formula is C16H25N5O3. The molecule has 1 aromatic heterocycles. The normalized spacial score (nSPS) is 23.5. The minimum Gasteiger partial charge on any atom is -0.341 e. The van der Waals surface area contributed by atoms with Gasteiger partial charge in [0.2, 0.25) is 17.7 Å². The molecule has 132 valence electrons. The maximum Gasteiger partial charge on any atom is 0.246 e. The smallest absolute Gasteiger partial charge is 0.246 e. The topological polar surface area (TPSA) is 82.8 Å². The largest absolute Gasteiger partial charge is 0.341 e. The SMILES string of the molecule is CC(=O)N1CCN(C)CC1C(=O)N1CCC(c2nc(C)no2)CC1. The van der Waals surface area contributed by atoms with E-state index in [-0.39, 0.29) is 23.8 Å². The van der Waals surface area contributed by atoms with E-state index in [4.69, 9.17) is 4.52 Å². The van der Waals surface area contributed by atoms with Crippen LogP contribution in [0.2, 0.25) is 0 Å². The summed E-state index contributed by atoms with van der Waals surface area (Å²) in [6.45, 7) is 6.69. The highest BCUT2D eigenvalue weighted by Crippen LogP contribution is 2.27. The summed E-state index contributed by atoms with van der Waals surface area (Å²) in [6.07, 6.45) is 1.63. The van der Waals surface area contributed by atoms with Crippen molar-refractivity contribution in [3.05, 3.63) is 11.7 Å². The van der Waals surface area contributed by atoms with E-state index in [2.05, 4.69) is 15.0 Å². The van der Waals surface area contributed by atoms with Crippen molar-refractivity contribution >= 4 is 11.8 Å². The predicted octanol–water partition coefficient (Wildman–Crippen LogP) is 0.247. The standard InChI is InChI=1S/C16H25N5O3/c1-11-17-15(24-18-11)13-4-6-20(7-5-13)16(23)14-10-19(3)8-9-21(14)12(2)22/h13-14H,4-10H2,1-3H3. The third-order valence-electron chi connectivity index (χ3n) is 4.97. The number of carbonyl (C=O) groups excluding carboxylic acids is 2. The van der Waals surface area contributed by atoms with Crippen LogP contribution in [0.4, 0.5) is 0 Å². The first kappa shape index (κ1) is 16.9. The predicted molar refractivity (Wildman–Crippen MR) is 86.3 cm³/mol. The lowest BCUT2D eigenvalue weighted by atomic mass is 9.96. The van der Waals surface area contributed by atoms with Crippen molar-refractivity contribution in [2.24, 2.45) is 0 Å². The number of hydrogen-bond acceptors (Lipinski definition) is 6. The van der Waals surface area contributed by atoms with Gasteiger partial charge in [0.05, 0.1) is 0 Å². The molecule has 24 heavy (non-hydrogen) atoms. The molecule has 0 bridgehead atoms. The summed E-state index contributed by atoms with van der Waals surface area (Å²) >= 11 is 0. The summed E-state index contributed by atoms with van der Waals surface area (Å²) < 4.78 is 5.25. The molecule has 0 spiro atoms. The Morgan fingerprint density at radius 3 is 2.46 bits per heavy atom. The highest BCUT2D eigenvalue weighted by molar-refractivity contribution is 5.87. The van der Waals surface area contributed by atoms with Gasteiger partial charge in [-0.05, 0) is 26.8 Å². The van der Waals surface area contributed by atoms with Crippen LogP contribution < -0.4 is 0 Å². The minimum absolute atomic E-state index is 0.0299. The van der Waals surface area contributed by atoms with E-state index < -0.39 is 0 Å². The van der Waals surface area contributed by atoms with Crippen LogP contribution in [0, 0.1) is 6.92 Å². The van der Waals surface area contributed by atoms with Gasteiger partial charge in [0.15, 0.2) is 5.82 Å². The molecule has 1 aromatic rings. The van der Waals surface area contributed by atoms with Gasteiger partial charge in [-0.1, -0.05) is 5.16 Å². The quantitative estimate of drug-likeness (QED) is 0.770.